The van der Waals surface area contributed by atoms with Gasteiger partial charge in [-0.1, -0.05) is 6.66 Å². The van der Waals surface area contributed by atoms with E-state index in [-0.39, 0.29) is 7.92 Å². The maximum absolute atomic E-state index is 4.93. The van der Waals surface area contributed by atoms with Gasteiger partial charge < -0.3 is 37.5 Å². The van der Waals surface area contributed by atoms with E-state index in [9.17, 15) is 0 Å². The number of halogens is 2. The number of hydrogen-bond acceptors (Lipinski definition) is 0. The Labute approximate surface area is 111 Å². The molecular formula is C11H11Cl2PZr-6. The maximum atomic E-state index is 4.93. The third-order valence-corrected chi connectivity index (χ3v) is 4.21. The number of rotatable bonds is 2. The van der Waals surface area contributed by atoms with Crippen molar-refractivity contribution in [2.45, 2.75) is 0 Å². The standard InChI is InChI=1S/C11H11P.2ClH.Zr/c1-12(10-6-2-3-7-10)11-8-4-5-9-11;;;/h2-9H,1H3;2*1H;/q-6;;;+2/p-2. The van der Waals surface area contributed by atoms with Crippen LogP contribution in [0.3, 0.4) is 0 Å². The predicted molar refractivity (Wildman–Crippen MR) is 67.9 cm³/mol. The van der Waals surface area contributed by atoms with Crippen molar-refractivity contribution in [2.75, 3.05) is 6.66 Å². The third kappa shape index (κ3) is 4.53. The second kappa shape index (κ2) is 7.80. The van der Waals surface area contributed by atoms with Crippen LogP contribution in [0.5, 0.6) is 0 Å². The Hall–Kier alpha value is 0.593. The molecule has 0 nitrogen and oxygen atoms in total. The van der Waals surface area contributed by atoms with Gasteiger partial charge in [0.15, 0.2) is 0 Å². The predicted octanol–water partition coefficient (Wildman–Crippen LogP) is 3.56. The van der Waals surface area contributed by atoms with Gasteiger partial charge in [0.1, 0.15) is 0 Å². The average molecular weight is 336 g/mol. The first-order valence-electron chi connectivity index (χ1n) is 4.43. The van der Waals surface area contributed by atoms with Gasteiger partial charge in [0, 0.05) is 0 Å². The molecule has 0 saturated heterocycles. The summed E-state index contributed by atoms with van der Waals surface area (Å²) >= 11 is -0.826. The summed E-state index contributed by atoms with van der Waals surface area (Å²) in [4.78, 5) is 0. The van der Waals surface area contributed by atoms with Gasteiger partial charge in [-0.25, -0.2) is 12.1 Å². The average Bonchev–Trinajstić information content (AvgIpc) is 2.92. The first-order chi connectivity index (χ1) is 7.29. The van der Waals surface area contributed by atoms with Crippen LogP contribution in [0, 0.1) is 0 Å². The van der Waals surface area contributed by atoms with Crippen LogP contribution in [0.15, 0.2) is 48.5 Å². The van der Waals surface area contributed by atoms with Crippen molar-refractivity contribution in [3.63, 3.8) is 0 Å². The number of hydrogen-bond donors (Lipinski definition) is 0. The van der Waals surface area contributed by atoms with E-state index in [1.807, 2.05) is 0 Å². The van der Waals surface area contributed by atoms with Crippen molar-refractivity contribution in [1.82, 2.24) is 0 Å². The van der Waals surface area contributed by atoms with Crippen LogP contribution >= 0.6 is 24.9 Å². The van der Waals surface area contributed by atoms with Crippen molar-refractivity contribution < 1.29 is 20.8 Å². The fourth-order valence-electron chi connectivity index (χ4n) is 1.32. The normalized spacial score (nSPS) is 11.4. The SMILES string of the molecule is CP([c-]1cccc1)[c-]1[cH-][cH-][cH-][cH-]1.[Cl][Zr][Cl]. The zero-order valence-corrected chi connectivity index (χ0v) is 13.2. The summed E-state index contributed by atoms with van der Waals surface area (Å²) in [6.45, 7) is 2.31. The van der Waals surface area contributed by atoms with E-state index < -0.39 is 20.8 Å². The molecule has 2 aromatic rings. The molecule has 0 aliphatic heterocycles. The molecule has 0 fully saturated rings. The van der Waals surface area contributed by atoms with Crippen LogP contribution in [-0.4, -0.2) is 6.66 Å². The van der Waals surface area contributed by atoms with Gasteiger partial charge >= 0.3 is 37.9 Å². The van der Waals surface area contributed by atoms with Crippen LogP contribution in [0.4, 0.5) is 0 Å². The van der Waals surface area contributed by atoms with Gasteiger partial charge in [-0.05, 0) is 0 Å². The first kappa shape index (κ1) is 13.7. The molecule has 0 bridgehead atoms. The second-order valence-electron chi connectivity index (χ2n) is 2.92. The van der Waals surface area contributed by atoms with Crippen molar-refractivity contribution >= 4 is 35.6 Å². The molecule has 0 aliphatic rings. The van der Waals surface area contributed by atoms with Crippen molar-refractivity contribution in [3.8, 4) is 0 Å². The fourth-order valence-corrected chi connectivity index (χ4v) is 2.86. The molecule has 0 heterocycles. The monoisotopic (exact) mass is 334 g/mol. The van der Waals surface area contributed by atoms with Gasteiger partial charge in [-0.2, -0.15) is 17.4 Å². The van der Waals surface area contributed by atoms with E-state index in [0.29, 0.717) is 0 Å². The zero-order chi connectivity index (χ0) is 11.1. The van der Waals surface area contributed by atoms with Crippen molar-refractivity contribution in [1.29, 1.82) is 0 Å². The van der Waals surface area contributed by atoms with E-state index in [0.717, 1.165) is 0 Å². The van der Waals surface area contributed by atoms with Crippen LogP contribution in [0.1, 0.15) is 0 Å². The summed E-state index contributed by atoms with van der Waals surface area (Å²) in [6, 6.07) is 17.3. The fraction of sp³-hybridized carbons (Fsp3) is 0.0909. The van der Waals surface area contributed by atoms with Gasteiger partial charge in [0.25, 0.3) is 0 Å². The topological polar surface area (TPSA) is 0 Å². The molecule has 0 saturated carbocycles. The molecule has 0 atom stereocenters. The summed E-state index contributed by atoms with van der Waals surface area (Å²) in [6.07, 6.45) is 0. The van der Waals surface area contributed by atoms with Crippen LogP contribution < -0.4 is 10.6 Å². The Kier molecular flexibility index (Phi) is 7.10. The molecule has 0 N–H and O–H groups in total. The van der Waals surface area contributed by atoms with Crippen LogP contribution in [-0.2, 0) is 20.8 Å². The second-order valence-corrected chi connectivity index (χ2v) is 8.80. The van der Waals surface area contributed by atoms with E-state index in [1.165, 1.54) is 10.6 Å². The molecule has 0 unspecified atom stereocenters. The van der Waals surface area contributed by atoms with Gasteiger partial charge in [0.2, 0.25) is 0 Å². The molecular weight excluding hydrogens is 325 g/mol. The first-order valence-corrected chi connectivity index (χ1v) is 12.5. The van der Waals surface area contributed by atoms with Gasteiger partial charge in [-0.15, -0.1) is 0 Å². The van der Waals surface area contributed by atoms with Crippen molar-refractivity contribution in [2.24, 2.45) is 0 Å². The summed E-state index contributed by atoms with van der Waals surface area (Å²) < 4.78 is 0. The molecule has 0 amide bonds. The van der Waals surface area contributed by atoms with Crippen molar-refractivity contribution in [3.05, 3.63) is 48.5 Å². The molecule has 0 aromatic heterocycles. The van der Waals surface area contributed by atoms with Gasteiger partial charge in [-0.3, -0.25) is 0 Å². The summed E-state index contributed by atoms with van der Waals surface area (Å²) in [5, 5.41) is 2.94. The van der Waals surface area contributed by atoms with E-state index in [4.69, 9.17) is 17.0 Å². The quantitative estimate of drug-likeness (QED) is 0.581. The molecule has 84 valence electrons. The van der Waals surface area contributed by atoms with Crippen LogP contribution in [0.2, 0.25) is 0 Å². The van der Waals surface area contributed by atoms with E-state index in [2.05, 4.69) is 55.2 Å². The van der Waals surface area contributed by atoms with Gasteiger partial charge in [0.05, 0.1) is 0 Å². The molecule has 0 spiro atoms. The molecule has 0 radical (unpaired) electrons. The van der Waals surface area contributed by atoms with Crippen LogP contribution in [0.25, 0.3) is 0 Å². The van der Waals surface area contributed by atoms with E-state index in [1.54, 1.807) is 0 Å². The molecule has 4 heteroatoms. The third-order valence-electron chi connectivity index (χ3n) is 2.06. The summed E-state index contributed by atoms with van der Waals surface area (Å²) in [7, 11) is 9.77. The molecule has 2 rings (SSSR count). The zero-order valence-electron chi connectivity index (χ0n) is 8.32. The Morgan fingerprint density at radius 2 is 1.60 bits per heavy atom. The molecule has 15 heavy (non-hydrogen) atoms. The molecule has 2 aromatic carbocycles. The summed E-state index contributed by atoms with van der Waals surface area (Å²) in [5.41, 5.74) is 0. The minimum atomic E-state index is -0.826. The van der Waals surface area contributed by atoms with E-state index >= 15 is 0 Å². The Bertz CT molecular complexity index is 308. The Morgan fingerprint density at radius 3 is 2.07 bits per heavy atom. The Balaban J connectivity index is 0.000000337. The summed E-state index contributed by atoms with van der Waals surface area (Å²) in [5.74, 6) is 0. The minimum absolute atomic E-state index is 0.0967. The Morgan fingerprint density at radius 1 is 1.13 bits per heavy atom. The molecule has 0 aliphatic carbocycles.